The normalized spacial score (nSPS) is 15.2. The highest BCUT2D eigenvalue weighted by atomic mass is 16.4. The molecule has 0 saturated heterocycles. The van der Waals surface area contributed by atoms with E-state index in [1.807, 2.05) is 6.07 Å². The van der Waals surface area contributed by atoms with Gasteiger partial charge in [-0.1, -0.05) is 19.9 Å². The molecular weight excluding hydrogens is 252 g/mol. The summed E-state index contributed by atoms with van der Waals surface area (Å²) in [6, 6.07) is 5.72. The Kier molecular flexibility index (Phi) is 3.24. The van der Waals surface area contributed by atoms with Crippen LogP contribution < -0.4 is 0 Å². The van der Waals surface area contributed by atoms with Crippen molar-refractivity contribution in [3.05, 3.63) is 29.6 Å². The molecule has 1 N–H and O–H groups in total. The van der Waals surface area contributed by atoms with E-state index in [2.05, 4.69) is 18.4 Å². The van der Waals surface area contributed by atoms with Crippen LogP contribution >= 0.6 is 0 Å². The van der Waals surface area contributed by atoms with Crippen LogP contribution in [0.4, 0.5) is 0 Å². The van der Waals surface area contributed by atoms with Gasteiger partial charge in [0.15, 0.2) is 0 Å². The molecule has 0 spiro atoms. The molecule has 1 aromatic carbocycles. The van der Waals surface area contributed by atoms with Crippen LogP contribution in [0.2, 0.25) is 0 Å². The summed E-state index contributed by atoms with van der Waals surface area (Å²) in [5.74, 6) is 0.733. The molecule has 1 aromatic heterocycles. The van der Waals surface area contributed by atoms with Crippen LogP contribution in [0.15, 0.2) is 18.2 Å². The maximum atomic E-state index is 11.5. The summed E-state index contributed by atoms with van der Waals surface area (Å²) in [6.07, 6.45) is 4.34. The smallest absolute Gasteiger partial charge is 0.337 e. The number of fused-ring (bicyclic) bond motifs is 1. The predicted molar refractivity (Wildman–Crippen MR) is 78.3 cm³/mol. The first-order chi connectivity index (χ1) is 9.67. The van der Waals surface area contributed by atoms with Crippen molar-refractivity contribution in [2.45, 2.75) is 51.5 Å². The van der Waals surface area contributed by atoms with Crippen LogP contribution in [0, 0.1) is 0 Å². The number of carboxylic acid groups (broad SMARTS) is 1. The molecule has 1 saturated carbocycles. The molecule has 20 heavy (non-hydrogen) atoms. The van der Waals surface area contributed by atoms with Crippen molar-refractivity contribution >= 4 is 17.0 Å². The number of aromatic carboxylic acids is 1. The largest absolute Gasteiger partial charge is 0.478 e. The number of rotatable bonds is 5. The lowest BCUT2D eigenvalue weighted by Crippen LogP contribution is -2.12. The standard InChI is InChI=1S/C16H20N2O2/c1-3-11(4-2)18-14-12(16(19)20)6-5-7-13(14)17-15(18)10-8-9-10/h5-7,10-11H,3-4,8-9H2,1-2H3,(H,19,20). The quantitative estimate of drug-likeness (QED) is 0.895. The molecule has 4 heteroatoms. The van der Waals surface area contributed by atoms with Crippen molar-refractivity contribution in [2.75, 3.05) is 0 Å². The van der Waals surface area contributed by atoms with Crippen LogP contribution in [-0.2, 0) is 0 Å². The van der Waals surface area contributed by atoms with Crippen molar-refractivity contribution < 1.29 is 9.90 Å². The van der Waals surface area contributed by atoms with Gasteiger partial charge in [0.1, 0.15) is 5.82 Å². The molecule has 4 nitrogen and oxygen atoms in total. The van der Waals surface area contributed by atoms with Crippen molar-refractivity contribution in [3.8, 4) is 0 Å². The predicted octanol–water partition coefficient (Wildman–Crippen LogP) is 3.97. The number of para-hydroxylation sites is 1. The summed E-state index contributed by atoms with van der Waals surface area (Å²) < 4.78 is 2.20. The fourth-order valence-electron chi connectivity index (χ4n) is 2.99. The molecule has 1 heterocycles. The second-order valence-electron chi connectivity index (χ2n) is 5.56. The van der Waals surface area contributed by atoms with Gasteiger partial charge in [-0.15, -0.1) is 0 Å². The summed E-state index contributed by atoms with van der Waals surface area (Å²) in [7, 11) is 0. The first-order valence-corrected chi connectivity index (χ1v) is 7.41. The van der Waals surface area contributed by atoms with E-state index in [1.54, 1.807) is 12.1 Å². The van der Waals surface area contributed by atoms with Crippen LogP contribution in [-0.4, -0.2) is 20.6 Å². The molecule has 0 atom stereocenters. The Morgan fingerprint density at radius 3 is 2.65 bits per heavy atom. The number of nitrogens with zero attached hydrogens (tertiary/aromatic N) is 2. The molecule has 1 fully saturated rings. The highest BCUT2D eigenvalue weighted by Crippen LogP contribution is 2.43. The molecule has 2 aromatic rings. The first-order valence-electron chi connectivity index (χ1n) is 7.41. The molecule has 0 amide bonds. The lowest BCUT2D eigenvalue weighted by molar-refractivity contribution is 0.0698. The fourth-order valence-corrected chi connectivity index (χ4v) is 2.99. The SMILES string of the molecule is CCC(CC)n1c(C2CC2)nc2cccc(C(=O)O)c21. The maximum Gasteiger partial charge on any atom is 0.337 e. The average molecular weight is 272 g/mol. The molecule has 0 radical (unpaired) electrons. The maximum absolute atomic E-state index is 11.5. The Morgan fingerprint density at radius 2 is 2.10 bits per heavy atom. The summed E-state index contributed by atoms with van der Waals surface area (Å²) in [5, 5.41) is 9.46. The summed E-state index contributed by atoms with van der Waals surface area (Å²) in [6.45, 7) is 4.31. The van der Waals surface area contributed by atoms with E-state index in [0.717, 1.165) is 29.7 Å². The third-order valence-electron chi connectivity index (χ3n) is 4.22. The number of carbonyl (C=O) groups is 1. The van der Waals surface area contributed by atoms with E-state index >= 15 is 0 Å². The molecule has 106 valence electrons. The number of carboxylic acids is 1. The van der Waals surface area contributed by atoms with Crippen molar-refractivity contribution in [1.29, 1.82) is 0 Å². The third kappa shape index (κ3) is 1.99. The lowest BCUT2D eigenvalue weighted by Gasteiger charge is -2.19. The average Bonchev–Trinajstić information content (AvgIpc) is 3.22. The zero-order chi connectivity index (χ0) is 14.3. The van der Waals surface area contributed by atoms with Gasteiger partial charge in [0.2, 0.25) is 0 Å². The first kappa shape index (κ1) is 13.2. The Morgan fingerprint density at radius 1 is 1.40 bits per heavy atom. The summed E-state index contributed by atoms with van der Waals surface area (Å²) in [4.78, 5) is 16.3. The Labute approximate surface area is 118 Å². The molecular formula is C16H20N2O2. The molecule has 3 rings (SSSR count). The zero-order valence-corrected chi connectivity index (χ0v) is 12.0. The van der Waals surface area contributed by atoms with Crippen molar-refractivity contribution in [2.24, 2.45) is 0 Å². The van der Waals surface area contributed by atoms with Gasteiger partial charge in [0, 0.05) is 12.0 Å². The highest BCUT2D eigenvalue weighted by Gasteiger charge is 2.32. The van der Waals surface area contributed by atoms with E-state index in [0.29, 0.717) is 17.5 Å². The molecule has 0 unspecified atom stereocenters. The molecule has 1 aliphatic rings. The van der Waals surface area contributed by atoms with Gasteiger partial charge in [-0.05, 0) is 37.8 Å². The minimum atomic E-state index is -0.870. The van der Waals surface area contributed by atoms with E-state index in [9.17, 15) is 9.90 Å². The number of imidazole rings is 1. The van der Waals surface area contributed by atoms with E-state index < -0.39 is 5.97 Å². The van der Waals surface area contributed by atoms with Gasteiger partial charge in [0.25, 0.3) is 0 Å². The van der Waals surface area contributed by atoms with Crippen LogP contribution in [0.3, 0.4) is 0 Å². The van der Waals surface area contributed by atoms with Crippen LogP contribution in [0.25, 0.3) is 11.0 Å². The summed E-state index contributed by atoms with van der Waals surface area (Å²) >= 11 is 0. The molecule has 0 aliphatic heterocycles. The second-order valence-corrected chi connectivity index (χ2v) is 5.56. The van der Waals surface area contributed by atoms with Crippen molar-refractivity contribution in [3.63, 3.8) is 0 Å². The van der Waals surface area contributed by atoms with Gasteiger partial charge in [-0.25, -0.2) is 9.78 Å². The number of benzene rings is 1. The molecule has 0 bridgehead atoms. The van der Waals surface area contributed by atoms with Crippen LogP contribution in [0.1, 0.15) is 67.7 Å². The van der Waals surface area contributed by atoms with Gasteiger partial charge in [-0.3, -0.25) is 0 Å². The lowest BCUT2D eigenvalue weighted by atomic mass is 10.1. The highest BCUT2D eigenvalue weighted by molar-refractivity contribution is 6.01. The number of aromatic nitrogens is 2. The van der Waals surface area contributed by atoms with E-state index in [-0.39, 0.29) is 0 Å². The van der Waals surface area contributed by atoms with Gasteiger partial charge < -0.3 is 9.67 Å². The minimum absolute atomic E-state index is 0.330. The minimum Gasteiger partial charge on any atom is -0.478 e. The van der Waals surface area contributed by atoms with Crippen molar-refractivity contribution in [1.82, 2.24) is 9.55 Å². The monoisotopic (exact) mass is 272 g/mol. The van der Waals surface area contributed by atoms with Gasteiger partial charge >= 0.3 is 5.97 Å². The number of hydrogen-bond donors (Lipinski definition) is 1. The van der Waals surface area contributed by atoms with Gasteiger partial charge in [0.05, 0.1) is 16.6 Å². The topological polar surface area (TPSA) is 55.1 Å². The zero-order valence-electron chi connectivity index (χ0n) is 12.0. The third-order valence-corrected chi connectivity index (χ3v) is 4.22. The Bertz CT molecular complexity index is 652. The Hall–Kier alpha value is -1.84. The van der Waals surface area contributed by atoms with E-state index in [1.165, 1.54) is 12.8 Å². The van der Waals surface area contributed by atoms with Crippen LogP contribution in [0.5, 0.6) is 0 Å². The number of hydrogen-bond acceptors (Lipinski definition) is 2. The Balaban J connectivity index is 2.31. The summed E-state index contributed by atoms with van der Waals surface area (Å²) in [5.41, 5.74) is 1.99. The second kappa shape index (κ2) is 4.93. The van der Waals surface area contributed by atoms with E-state index in [4.69, 9.17) is 4.98 Å². The fraction of sp³-hybridized carbons (Fsp3) is 0.500. The molecule has 1 aliphatic carbocycles. The van der Waals surface area contributed by atoms with Gasteiger partial charge in [-0.2, -0.15) is 0 Å².